The number of alkyl halides is 2. The third kappa shape index (κ3) is 43.9. The number of aryl methyl sites for hydroxylation is 4. The molecule has 40 heteroatoms. The van der Waals surface area contributed by atoms with Crippen molar-refractivity contribution in [3.8, 4) is 17.2 Å². The van der Waals surface area contributed by atoms with Crippen molar-refractivity contribution in [3.05, 3.63) is 298 Å². The zero-order valence-electron chi connectivity index (χ0n) is 89.1. The van der Waals surface area contributed by atoms with Crippen LogP contribution in [0.4, 0.5) is 30.7 Å². The van der Waals surface area contributed by atoms with Crippen LogP contribution in [-0.2, 0) is 87.6 Å². The van der Waals surface area contributed by atoms with Crippen LogP contribution in [0.5, 0.6) is 17.2 Å². The highest BCUT2D eigenvalue weighted by Gasteiger charge is 2.57. The Labute approximate surface area is 861 Å². The molecule has 2 unspecified atom stereocenters. The van der Waals surface area contributed by atoms with Crippen molar-refractivity contribution in [1.82, 2.24) is 19.1 Å². The van der Waals surface area contributed by atoms with Crippen molar-refractivity contribution in [2.24, 2.45) is 33.1 Å². The maximum absolute atomic E-state index is 15.6. The molecule has 0 bridgehead atoms. The molecule has 2 aliphatic rings. The Morgan fingerprint density at radius 3 is 1.03 bits per heavy atom. The van der Waals surface area contributed by atoms with Gasteiger partial charge in [-0.1, -0.05) is 189 Å². The van der Waals surface area contributed by atoms with Gasteiger partial charge in [-0.05, 0) is 190 Å². The lowest BCUT2D eigenvalue weighted by Gasteiger charge is -2.30. The molecule has 7 aromatic carbocycles. The van der Waals surface area contributed by atoms with Crippen molar-refractivity contribution >= 4 is 27.1 Å². The van der Waals surface area contributed by atoms with Crippen LogP contribution in [0.2, 0.25) is 0 Å². The number of H-pyrrole nitrogens is 2. The Morgan fingerprint density at radius 2 is 0.716 bits per heavy atom. The topological polar surface area (TPSA) is 442 Å². The SMILES string of the molecule is CC(C)(CO)CC(=O)OC(C)(C)C.CC(C)(N)CO.C[C@@]1(F)[C@H](O)[C@@H](CO)O[C@H]1n1ccc(=O)[nH]c1=O.Cc1ccccc1COCC(C)(C)CC(=O)OC(C)(C)C.Cc1ccccc1COCC(C)(C)CP(=O)(OC[C@H]1O[C@@H](n2ccc(=O)[nH]c2=O)[C@](C)(F)[C@@H]1O)Oc1ccccc1.Cc1ccccc1COCC(C)(C)CP(=O)(Oc1ccccc1)Oc1c(F)c(F)c(F)c(F)c1F.Cc1ccccc1COCC(C)(C)N. The van der Waals surface area contributed by atoms with Crippen LogP contribution in [0, 0.1) is 78.4 Å². The van der Waals surface area contributed by atoms with Gasteiger partial charge in [-0.2, -0.15) is 8.78 Å². The molecular formula is C108H151F7N6O25P2. The summed E-state index contributed by atoms with van der Waals surface area (Å²) in [6, 6.07) is 50.0. The van der Waals surface area contributed by atoms with E-state index in [4.69, 9.17) is 82.8 Å². The molecular weight excluding hydrogens is 1980 g/mol. The average molecular weight is 2130 g/mol. The number of esters is 2. The first kappa shape index (κ1) is 128. The summed E-state index contributed by atoms with van der Waals surface area (Å²) in [6.45, 7) is 45.8. The number of carbonyl (C=O) groups is 2. The van der Waals surface area contributed by atoms with E-state index in [1.807, 2.05) is 194 Å². The normalized spacial score (nSPS) is 18.7. The molecule has 0 aliphatic carbocycles. The molecule has 2 fully saturated rings. The van der Waals surface area contributed by atoms with Crippen molar-refractivity contribution in [2.75, 3.05) is 65.2 Å². The minimum Gasteiger partial charge on any atom is -0.460 e. The molecule has 10 atom stereocenters. The third-order valence-corrected chi connectivity index (χ3v) is 26.3. The Hall–Kier alpha value is -10.4. The van der Waals surface area contributed by atoms with E-state index in [-0.39, 0.29) is 79.7 Å². The summed E-state index contributed by atoms with van der Waals surface area (Å²) in [4.78, 5) is 73.4. The number of aliphatic hydroxyl groups excluding tert-OH is 5. The lowest BCUT2D eigenvalue weighted by molar-refractivity contribution is -0.159. The predicted molar refractivity (Wildman–Crippen MR) is 551 cm³/mol. The molecule has 2 aliphatic heterocycles. The first-order valence-electron chi connectivity index (χ1n) is 47.9. The summed E-state index contributed by atoms with van der Waals surface area (Å²) in [5.74, 6) is -13.0. The number of nitrogens with zero attached hydrogens (tertiary/aromatic N) is 2. The van der Waals surface area contributed by atoms with Gasteiger partial charge in [0.1, 0.15) is 47.1 Å². The second kappa shape index (κ2) is 56.1. The minimum atomic E-state index is -4.53. The van der Waals surface area contributed by atoms with Gasteiger partial charge in [-0.25, -0.2) is 40.7 Å². The minimum absolute atomic E-state index is 0.00770. The zero-order valence-corrected chi connectivity index (χ0v) is 90.9. The number of aliphatic hydroxyl groups is 5. The lowest BCUT2D eigenvalue weighted by atomic mass is 9.90. The molecule has 31 nitrogen and oxygen atoms in total. The smallest absolute Gasteiger partial charge is 0.431 e. The van der Waals surface area contributed by atoms with Gasteiger partial charge in [0.25, 0.3) is 11.1 Å². The fourth-order valence-corrected chi connectivity index (χ4v) is 18.4. The van der Waals surface area contributed by atoms with Crippen LogP contribution in [0.1, 0.15) is 208 Å². The van der Waals surface area contributed by atoms with E-state index < -0.39 is 168 Å². The van der Waals surface area contributed by atoms with Gasteiger partial charge in [-0.3, -0.25) is 42.8 Å². The number of nitrogens with one attached hydrogen (secondary N) is 2. The van der Waals surface area contributed by atoms with E-state index in [1.165, 1.54) is 34.4 Å². The maximum atomic E-state index is 15.6. The van der Waals surface area contributed by atoms with E-state index in [0.717, 1.165) is 69.8 Å². The summed E-state index contributed by atoms with van der Waals surface area (Å²) < 4.78 is 195. The van der Waals surface area contributed by atoms with E-state index in [9.17, 15) is 74.5 Å². The number of hydrogen-bond donors (Lipinski definition) is 9. The molecule has 11 rings (SSSR count). The number of halogens is 7. The van der Waals surface area contributed by atoms with Crippen LogP contribution in [0.15, 0.2) is 201 Å². The number of benzene rings is 7. The molecule has 822 valence electrons. The molecule has 11 N–H and O–H groups in total. The van der Waals surface area contributed by atoms with Crippen molar-refractivity contribution in [2.45, 2.75) is 276 Å². The van der Waals surface area contributed by atoms with E-state index in [1.54, 1.807) is 76.2 Å². The standard InChI is InChI=1S/C29H36FN2O8P.C25H24F5O4P.C18H28O3.C12H19NO.C10H13FN2O5.C10H20O3.C4H11NO/c1-20-10-8-9-11-21(20)16-37-18-28(2,3)19-41(36,40-22-12-6-5-7-13-22)38-17-23-25(34)29(4,30)26(39-23)32-15-14-24(33)31-27(32)35;1-16-9-7-8-10-17(16)13-32-14-25(2,3)15-35(31,33-18-11-5-4-6-12-18)34-24-22(29)20(27)19(26)21(28)23(24)30;1-14-9-7-8-10-15(14)12-20-13-18(5,6)11-16(19)21-17(2,3)4;1-10-6-4-5-7-11(10)8-14-9-12(2,3)13;1-10(11)7(16)5(4-14)18-8(10)13-3-2-6(15)12-9(13)17;1-9(2,3)13-8(12)6-10(4,5)7-11;1-4(2,5)3-6/h5-15,23,25-26,34H,16-19H2,1-4H3,(H,31,33,35);4-12H,13-15H2,1-3H3;7-10H,11-13H2,1-6H3;4-7H,8-9,13H2,1-3H3;2-3,5,7-8,14,16H,4H2,1H3,(H,12,15,17);11H,6-7H2,1-5H3;6H,3,5H2,1-2H3/t23-,25-,26-,29-,41?;;;;5-,7-,8-,10-;;/m1...1../s1. The highest BCUT2D eigenvalue weighted by molar-refractivity contribution is 7.54. The summed E-state index contributed by atoms with van der Waals surface area (Å²) in [7, 11) is -8.45. The van der Waals surface area contributed by atoms with Crippen molar-refractivity contribution < 1.29 is 131 Å². The van der Waals surface area contributed by atoms with Crippen LogP contribution < -0.4 is 47.5 Å². The first-order valence-corrected chi connectivity index (χ1v) is 51.4. The summed E-state index contributed by atoms with van der Waals surface area (Å²) in [5, 5.41) is 46.5. The number of aromatic amines is 2. The van der Waals surface area contributed by atoms with Gasteiger partial charge in [0, 0.05) is 53.0 Å². The Kier molecular flexibility index (Phi) is 48.6. The monoisotopic (exact) mass is 2130 g/mol. The summed E-state index contributed by atoms with van der Waals surface area (Å²) in [6.07, 6.45) is -6.41. The van der Waals surface area contributed by atoms with Gasteiger partial charge in [-0.15, -0.1) is 0 Å². The summed E-state index contributed by atoms with van der Waals surface area (Å²) >= 11 is 0. The van der Waals surface area contributed by atoms with Crippen LogP contribution in [0.25, 0.3) is 0 Å². The maximum Gasteiger partial charge on any atom is 0.431 e. The summed E-state index contributed by atoms with van der Waals surface area (Å²) in [5.41, 5.74) is 8.64. The number of carbonyl (C=O) groups excluding carboxylic acids is 2. The van der Waals surface area contributed by atoms with E-state index >= 15 is 4.39 Å². The fourth-order valence-electron chi connectivity index (χ4n) is 14.0. The number of hydrogen-bond acceptors (Lipinski definition) is 27. The number of nitrogens with two attached hydrogens (primary N) is 2. The van der Waals surface area contributed by atoms with Gasteiger partial charge < -0.3 is 88.5 Å². The Balaban J connectivity index is 0.000000324. The number of para-hydroxylation sites is 2. The molecule has 0 radical (unpaired) electrons. The zero-order chi connectivity index (χ0) is 112. The highest BCUT2D eigenvalue weighted by atomic mass is 31.2. The lowest BCUT2D eigenvalue weighted by Crippen LogP contribution is -2.43. The Bertz CT molecular complexity index is 6010. The van der Waals surface area contributed by atoms with Crippen molar-refractivity contribution in [1.29, 1.82) is 0 Å². The third-order valence-electron chi connectivity index (χ3n) is 21.8. The molecule has 0 spiro atoms. The number of aromatic nitrogens is 4. The molecule has 4 heterocycles. The molecule has 0 saturated carbocycles. The number of rotatable bonds is 38. The molecule has 2 saturated heterocycles. The van der Waals surface area contributed by atoms with Gasteiger partial charge >= 0.3 is 38.5 Å². The largest absolute Gasteiger partial charge is 0.460 e. The van der Waals surface area contributed by atoms with Gasteiger partial charge in [0.05, 0.1) is 97.8 Å². The molecule has 9 aromatic rings. The van der Waals surface area contributed by atoms with Gasteiger partial charge in [0.2, 0.25) is 34.8 Å². The van der Waals surface area contributed by atoms with Crippen LogP contribution >= 0.6 is 15.2 Å². The first-order chi connectivity index (χ1) is 68.4. The second-order valence-electron chi connectivity index (χ2n) is 43.2. The van der Waals surface area contributed by atoms with Crippen LogP contribution in [0.3, 0.4) is 0 Å². The van der Waals surface area contributed by atoms with Gasteiger partial charge in [0.15, 0.2) is 23.8 Å². The molecule has 0 amide bonds. The van der Waals surface area contributed by atoms with E-state index in [2.05, 4.69) is 38.1 Å². The highest BCUT2D eigenvalue weighted by Crippen LogP contribution is 2.56. The van der Waals surface area contributed by atoms with E-state index in [0.29, 0.717) is 45.2 Å². The van der Waals surface area contributed by atoms with Crippen molar-refractivity contribution in [3.63, 3.8) is 0 Å². The second-order valence-corrected chi connectivity index (χ2v) is 47.1. The predicted octanol–water partition coefficient (Wildman–Crippen LogP) is 18.4. The Morgan fingerprint density at radius 1 is 0.412 bits per heavy atom. The van der Waals surface area contributed by atoms with Crippen LogP contribution in [-0.4, -0.2) is 180 Å². The molecule has 2 aromatic heterocycles. The fraction of sp³-hybridized carbons (Fsp3) is 0.519. The quantitative estimate of drug-likeness (QED) is 0.00570. The molecule has 148 heavy (non-hydrogen) atoms. The average Bonchev–Trinajstić information content (AvgIpc) is 1.60. The number of ether oxygens (including phenoxy) is 8.